The molecule has 10 nitrogen and oxygen atoms in total. The summed E-state index contributed by atoms with van der Waals surface area (Å²) in [4.78, 5) is 34.5. The van der Waals surface area contributed by atoms with Crippen molar-refractivity contribution in [2.24, 2.45) is 0 Å². The van der Waals surface area contributed by atoms with Crippen molar-refractivity contribution in [2.75, 3.05) is 18.5 Å². The summed E-state index contributed by atoms with van der Waals surface area (Å²) in [6.45, 7) is 6.33. The summed E-state index contributed by atoms with van der Waals surface area (Å²) in [6, 6.07) is 7.52. The maximum Gasteiger partial charge on any atom is 0.326 e. The quantitative estimate of drug-likeness (QED) is 0.277. The number of carbonyl (C=O) groups is 1. The van der Waals surface area contributed by atoms with Gasteiger partial charge in [0.15, 0.2) is 0 Å². The van der Waals surface area contributed by atoms with Crippen molar-refractivity contribution >= 4 is 45.3 Å². The molecule has 5 aromatic rings. The van der Waals surface area contributed by atoms with Gasteiger partial charge in [0.25, 0.3) is 5.91 Å². The Kier molecular flexibility index (Phi) is 6.03. The molecule has 0 saturated carbocycles. The molecule has 0 unspecified atom stereocenters. The van der Waals surface area contributed by atoms with Crippen LogP contribution in [0.4, 0.5) is 5.95 Å². The number of carbonyl (C=O) groups excluding carboxylic acids is 1. The average molecular weight is 480 g/mol. The first kappa shape index (κ1) is 22.1. The largest absolute Gasteiger partial charge is 0.382 e. The molecule has 0 bridgehead atoms. The summed E-state index contributed by atoms with van der Waals surface area (Å²) < 4.78 is 9.17. The second-order valence-electron chi connectivity index (χ2n) is 7.78. The van der Waals surface area contributed by atoms with Gasteiger partial charge in [-0.2, -0.15) is 5.10 Å². The van der Waals surface area contributed by atoms with Crippen LogP contribution < -0.4 is 11.0 Å². The highest BCUT2D eigenvalue weighted by molar-refractivity contribution is 7.17. The second-order valence-corrected chi connectivity index (χ2v) is 8.86. The van der Waals surface area contributed by atoms with E-state index in [1.807, 2.05) is 36.6 Å². The summed E-state index contributed by atoms with van der Waals surface area (Å²) in [7, 11) is 0. The molecule has 0 radical (unpaired) electrons. The van der Waals surface area contributed by atoms with E-state index in [-0.39, 0.29) is 11.6 Å². The van der Waals surface area contributed by atoms with E-state index in [1.165, 1.54) is 11.3 Å². The van der Waals surface area contributed by atoms with Gasteiger partial charge in [-0.1, -0.05) is 0 Å². The van der Waals surface area contributed by atoms with Gasteiger partial charge in [-0.05, 0) is 44.5 Å². The number of H-pyrrole nitrogens is 2. The first-order chi connectivity index (χ1) is 16.6. The molecule has 11 heteroatoms. The number of nitrogens with zero attached hydrogens (tertiary/aromatic N) is 4. The fourth-order valence-electron chi connectivity index (χ4n) is 4.04. The van der Waals surface area contributed by atoms with E-state index in [4.69, 9.17) is 9.72 Å². The van der Waals surface area contributed by atoms with Gasteiger partial charge in [-0.25, -0.2) is 9.78 Å². The Morgan fingerprint density at radius 3 is 2.85 bits per heavy atom. The first-order valence-corrected chi connectivity index (χ1v) is 12.0. The molecular formula is C23H25N7O3S. The predicted molar refractivity (Wildman–Crippen MR) is 132 cm³/mol. The van der Waals surface area contributed by atoms with Gasteiger partial charge in [-0.15, -0.1) is 11.3 Å². The Bertz CT molecular complexity index is 1510. The Balaban J connectivity index is 1.50. The minimum atomic E-state index is -0.225. The molecule has 1 aromatic carbocycles. The van der Waals surface area contributed by atoms with Crippen LogP contribution in [0.25, 0.3) is 32.5 Å². The molecule has 0 aliphatic heterocycles. The monoisotopic (exact) mass is 479 g/mol. The molecule has 0 atom stereocenters. The van der Waals surface area contributed by atoms with Crippen LogP contribution in [0.2, 0.25) is 0 Å². The Hall–Kier alpha value is -3.70. The summed E-state index contributed by atoms with van der Waals surface area (Å²) in [5, 5.41) is 9.74. The van der Waals surface area contributed by atoms with E-state index in [0.29, 0.717) is 42.6 Å². The topological polar surface area (TPSA) is 123 Å². The number of amides is 1. The van der Waals surface area contributed by atoms with E-state index in [9.17, 15) is 9.59 Å². The van der Waals surface area contributed by atoms with Crippen LogP contribution in [0.3, 0.4) is 0 Å². The normalized spacial score (nSPS) is 11.6. The molecule has 4 heterocycles. The van der Waals surface area contributed by atoms with E-state index in [2.05, 4.69) is 20.5 Å². The number of ether oxygens (including phenoxy) is 1. The number of thiophene rings is 1. The highest BCUT2D eigenvalue weighted by atomic mass is 32.1. The lowest BCUT2D eigenvalue weighted by molar-refractivity contribution is 0.102. The molecule has 4 aromatic heterocycles. The Labute approximate surface area is 198 Å². The smallest absolute Gasteiger partial charge is 0.326 e. The number of hydrogen-bond acceptors (Lipinski definition) is 6. The lowest BCUT2D eigenvalue weighted by Gasteiger charge is -2.10. The zero-order valence-corrected chi connectivity index (χ0v) is 19.7. The average Bonchev–Trinajstić information content (AvgIpc) is 3.60. The molecule has 176 valence electrons. The molecule has 34 heavy (non-hydrogen) atoms. The number of rotatable bonds is 9. The fraction of sp³-hybridized carbons (Fsp3) is 0.304. The molecule has 0 saturated heterocycles. The number of benzene rings is 1. The lowest BCUT2D eigenvalue weighted by atomic mass is 10.2. The van der Waals surface area contributed by atoms with Crippen LogP contribution in [0, 0.1) is 0 Å². The molecule has 0 spiro atoms. The van der Waals surface area contributed by atoms with Crippen molar-refractivity contribution in [3.63, 3.8) is 0 Å². The number of fused-ring (bicyclic) bond motifs is 2. The number of aromatic nitrogens is 6. The van der Waals surface area contributed by atoms with Crippen LogP contribution in [0.15, 0.2) is 41.5 Å². The molecule has 0 aliphatic rings. The number of hydrogen-bond donors (Lipinski definition) is 3. The minimum Gasteiger partial charge on any atom is -0.382 e. The van der Waals surface area contributed by atoms with Gasteiger partial charge in [0.1, 0.15) is 0 Å². The maximum atomic E-state index is 13.1. The maximum absolute atomic E-state index is 13.1. The van der Waals surface area contributed by atoms with E-state index < -0.39 is 0 Å². The van der Waals surface area contributed by atoms with Crippen molar-refractivity contribution in [1.82, 2.24) is 29.3 Å². The van der Waals surface area contributed by atoms with Crippen molar-refractivity contribution < 1.29 is 9.53 Å². The van der Waals surface area contributed by atoms with Crippen LogP contribution in [-0.2, 0) is 17.8 Å². The van der Waals surface area contributed by atoms with Crippen molar-refractivity contribution in [1.29, 1.82) is 0 Å². The SMILES string of the molecule is CCOCCCn1c(NC(=O)c2ccc(-c3cn[nH]c3)s2)nc2cc3[nH]c(=O)n(CC)c3cc21. The van der Waals surface area contributed by atoms with E-state index in [1.54, 1.807) is 23.0 Å². The third-order valence-corrected chi connectivity index (χ3v) is 6.80. The van der Waals surface area contributed by atoms with Gasteiger partial charge in [0, 0.05) is 42.9 Å². The fourth-order valence-corrected chi connectivity index (χ4v) is 4.93. The molecule has 0 fully saturated rings. The predicted octanol–water partition coefficient (Wildman–Crippen LogP) is 3.83. The second kappa shape index (κ2) is 9.27. The number of anilines is 1. The zero-order valence-electron chi connectivity index (χ0n) is 18.9. The summed E-state index contributed by atoms with van der Waals surface area (Å²) in [5.41, 5.74) is 3.88. The van der Waals surface area contributed by atoms with E-state index >= 15 is 0 Å². The van der Waals surface area contributed by atoms with Gasteiger partial charge < -0.3 is 14.3 Å². The summed E-state index contributed by atoms with van der Waals surface area (Å²) in [6.07, 6.45) is 4.28. The number of nitrogens with one attached hydrogen (secondary N) is 3. The highest BCUT2D eigenvalue weighted by Gasteiger charge is 2.18. The number of aryl methyl sites for hydroxylation is 2. The molecular weight excluding hydrogens is 454 g/mol. The standard InChI is InChI=1S/C23H25N7O3S/c1-3-29-17-11-18-15(10-16(17)27-23(29)32)26-22(30(18)8-5-9-33-4-2)28-21(31)20-7-6-19(34-20)14-12-24-25-13-14/h6-7,10-13H,3-5,8-9H2,1-2H3,(H,24,25)(H,27,32)(H,26,28,31). The van der Waals surface area contributed by atoms with Gasteiger partial charge in [-0.3, -0.25) is 19.8 Å². The third-order valence-electron chi connectivity index (χ3n) is 5.67. The molecule has 3 N–H and O–H groups in total. The van der Waals surface area contributed by atoms with Crippen LogP contribution in [0.1, 0.15) is 29.9 Å². The van der Waals surface area contributed by atoms with Crippen molar-refractivity contribution in [3.05, 3.63) is 52.0 Å². The molecule has 0 aliphatic carbocycles. The van der Waals surface area contributed by atoms with Crippen molar-refractivity contribution in [2.45, 2.75) is 33.4 Å². The van der Waals surface area contributed by atoms with E-state index in [0.717, 1.165) is 33.4 Å². The van der Waals surface area contributed by atoms with Gasteiger partial charge in [0.05, 0.1) is 33.1 Å². The third kappa shape index (κ3) is 4.03. The van der Waals surface area contributed by atoms with Gasteiger partial charge in [0.2, 0.25) is 5.95 Å². The number of imidazole rings is 2. The Morgan fingerprint density at radius 1 is 1.21 bits per heavy atom. The molecule has 1 amide bonds. The van der Waals surface area contributed by atoms with Crippen LogP contribution >= 0.6 is 11.3 Å². The van der Waals surface area contributed by atoms with Crippen LogP contribution in [-0.4, -0.2) is 48.4 Å². The summed E-state index contributed by atoms with van der Waals surface area (Å²) in [5.74, 6) is 0.241. The zero-order chi connectivity index (χ0) is 23.7. The number of aromatic amines is 2. The van der Waals surface area contributed by atoms with Crippen LogP contribution in [0.5, 0.6) is 0 Å². The first-order valence-electron chi connectivity index (χ1n) is 11.2. The van der Waals surface area contributed by atoms with Crippen molar-refractivity contribution in [3.8, 4) is 10.4 Å². The minimum absolute atomic E-state index is 0.146. The van der Waals surface area contributed by atoms with Gasteiger partial charge >= 0.3 is 5.69 Å². The lowest BCUT2D eigenvalue weighted by Crippen LogP contribution is -2.16. The molecule has 5 rings (SSSR count). The Morgan fingerprint density at radius 2 is 2.09 bits per heavy atom. The highest BCUT2D eigenvalue weighted by Crippen LogP contribution is 2.29. The summed E-state index contributed by atoms with van der Waals surface area (Å²) >= 11 is 1.39.